The molecule has 1 aromatic heterocycles. The van der Waals surface area contributed by atoms with Crippen LogP contribution in [0.5, 0.6) is 17.2 Å². The fourth-order valence-corrected chi connectivity index (χ4v) is 2.22. The zero-order valence-corrected chi connectivity index (χ0v) is 11.7. The van der Waals surface area contributed by atoms with Gasteiger partial charge in [0.2, 0.25) is 0 Å². The number of aromatic nitrogens is 1. The summed E-state index contributed by atoms with van der Waals surface area (Å²) in [6.07, 6.45) is 3.81. The van der Waals surface area contributed by atoms with Gasteiger partial charge >= 0.3 is 0 Å². The van der Waals surface area contributed by atoms with Crippen molar-refractivity contribution in [3.63, 3.8) is 0 Å². The fourth-order valence-electron chi connectivity index (χ4n) is 2.22. The summed E-state index contributed by atoms with van der Waals surface area (Å²) in [5, 5.41) is 0. The third kappa shape index (κ3) is 2.81. The number of Topliss-reactive ketones (excluding diaryl/α,β-unsaturated/α-hetero) is 1. The zero-order valence-electron chi connectivity index (χ0n) is 11.7. The van der Waals surface area contributed by atoms with Crippen molar-refractivity contribution >= 4 is 5.78 Å². The van der Waals surface area contributed by atoms with Crippen molar-refractivity contribution < 1.29 is 19.0 Å². The van der Waals surface area contributed by atoms with Crippen LogP contribution in [0.3, 0.4) is 0 Å². The Hall–Kier alpha value is -2.56. The topological polar surface area (TPSA) is 57.7 Å². The van der Waals surface area contributed by atoms with Crippen molar-refractivity contribution in [2.24, 2.45) is 0 Å². The summed E-state index contributed by atoms with van der Waals surface area (Å²) in [7, 11) is 1.53. The number of ketones is 1. The minimum absolute atomic E-state index is 0.0359. The highest BCUT2D eigenvalue weighted by atomic mass is 16.5. The van der Waals surface area contributed by atoms with E-state index in [1.165, 1.54) is 7.11 Å². The van der Waals surface area contributed by atoms with E-state index in [2.05, 4.69) is 4.98 Å². The highest BCUT2D eigenvalue weighted by Crippen LogP contribution is 2.37. The maximum Gasteiger partial charge on any atom is 0.173 e. The zero-order chi connectivity index (χ0) is 14.7. The quantitative estimate of drug-likeness (QED) is 0.864. The molecule has 0 N–H and O–H groups in total. The van der Waals surface area contributed by atoms with E-state index in [0.717, 1.165) is 5.56 Å². The van der Waals surface area contributed by atoms with Gasteiger partial charge in [-0.2, -0.15) is 0 Å². The molecule has 0 aliphatic carbocycles. The second kappa shape index (κ2) is 5.83. The number of nitrogens with zero attached hydrogens (tertiary/aromatic N) is 1. The SMILES string of the molecule is COc1cc(OCc2ccncc2)cc2c1C(=O)CCO2. The summed E-state index contributed by atoms with van der Waals surface area (Å²) in [6.45, 7) is 0.807. The first kappa shape index (κ1) is 13.4. The molecule has 0 atom stereocenters. The molecule has 0 bridgehead atoms. The maximum atomic E-state index is 11.9. The van der Waals surface area contributed by atoms with Crippen molar-refractivity contribution in [3.8, 4) is 17.2 Å². The molecule has 5 heteroatoms. The molecule has 21 heavy (non-hydrogen) atoms. The van der Waals surface area contributed by atoms with Gasteiger partial charge in [-0.15, -0.1) is 0 Å². The lowest BCUT2D eigenvalue weighted by Gasteiger charge is -2.20. The number of benzene rings is 1. The molecule has 0 saturated carbocycles. The van der Waals surface area contributed by atoms with Gasteiger partial charge in [0, 0.05) is 30.9 Å². The fraction of sp³-hybridized carbons (Fsp3) is 0.250. The van der Waals surface area contributed by atoms with Crippen LogP contribution in [0.1, 0.15) is 22.3 Å². The molecule has 1 aliphatic rings. The number of carbonyl (C=O) groups excluding carboxylic acids is 1. The Bertz CT molecular complexity index is 638. The molecule has 2 aromatic rings. The molecule has 1 aliphatic heterocycles. The van der Waals surface area contributed by atoms with Gasteiger partial charge in [-0.05, 0) is 17.7 Å². The monoisotopic (exact) mass is 285 g/mol. The van der Waals surface area contributed by atoms with E-state index < -0.39 is 0 Å². The molecule has 0 spiro atoms. The standard InChI is InChI=1S/C16H15NO4/c1-19-14-8-12(21-10-11-2-5-17-6-3-11)9-15-16(14)13(18)4-7-20-15/h2-3,5-6,8-9H,4,7,10H2,1H3. The molecule has 0 fully saturated rings. The van der Waals surface area contributed by atoms with E-state index in [1.54, 1.807) is 24.5 Å². The lowest BCUT2D eigenvalue weighted by molar-refractivity contribution is 0.0929. The molecule has 1 aromatic carbocycles. The van der Waals surface area contributed by atoms with Gasteiger partial charge in [0.25, 0.3) is 0 Å². The highest BCUT2D eigenvalue weighted by molar-refractivity contribution is 6.02. The maximum absolute atomic E-state index is 11.9. The lowest BCUT2D eigenvalue weighted by Crippen LogP contribution is -2.16. The van der Waals surface area contributed by atoms with Gasteiger partial charge < -0.3 is 14.2 Å². The summed E-state index contributed by atoms with van der Waals surface area (Å²) in [6, 6.07) is 7.22. The first-order valence-corrected chi connectivity index (χ1v) is 6.67. The Morgan fingerprint density at radius 2 is 2.10 bits per heavy atom. The van der Waals surface area contributed by atoms with Gasteiger partial charge in [-0.25, -0.2) is 0 Å². The van der Waals surface area contributed by atoms with Crippen LogP contribution in [-0.4, -0.2) is 24.5 Å². The summed E-state index contributed by atoms with van der Waals surface area (Å²) in [5.74, 6) is 1.66. The first-order chi connectivity index (χ1) is 10.3. The van der Waals surface area contributed by atoms with Crippen LogP contribution in [0.25, 0.3) is 0 Å². The highest BCUT2D eigenvalue weighted by Gasteiger charge is 2.24. The normalized spacial score (nSPS) is 13.3. The van der Waals surface area contributed by atoms with Gasteiger partial charge in [-0.3, -0.25) is 9.78 Å². The molecular formula is C16H15NO4. The largest absolute Gasteiger partial charge is 0.496 e. The van der Waals surface area contributed by atoms with Crippen LogP contribution in [0.2, 0.25) is 0 Å². The first-order valence-electron chi connectivity index (χ1n) is 6.67. The second-order valence-electron chi connectivity index (χ2n) is 4.66. The third-order valence-electron chi connectivity index (χ3n) is 3.28. The Kier molecular flexibility index (Phi) is 3.73. The van der Waals surface area contributed by atoms with Crippen molar-refractivity contribution in [2.45, 2.75) is 13.0 Å². The number of carbonyl (C=O) groups is 1. The number of hydrogen-bond acceptors (Lipinski definition) is 5. The van der Waals surface area contributed by atoms with Crippen LogP contribution in [0, 0.1) is 0 Å². The molecule has 2 heterocycles. The van der Waals surface area contributed by atoms with Crippen LogP contribution < -0.4 is 14.2 Å². The second-order valence-corrected chi connectivity index (χ2v) is 4.66. The van der Waals surface area contributed by atoms with Crippen molar-refractivity contribution in [1.82, 2.24) is 4.98 Å². The van der Waals surface area contributed by atoms with E-state index in [1.807, 2.05) is 12.1 Å². The molecule has 0 saturated heterocycles. The Morgan fingerprint density at radius 1 is 1.29 bits per heavy atom. The van der Waals surface area contributed by atoms with Crippen LogP contribution in [0.15, 0.2) is 36.7 Å². The number of methoxy groups -OCH3 is 1. The molecule has 0 amide bonds. The summed E-state index contributed by atoms with van der Waals surface area (Å²) < 4.78 is 16.6. The van der Waals surface area contributed by atoms with Crippen LogP contribution in [-0.2, 0) is 6.61 Å². The van der Waals surface area contributed by atoms with E-state index in [9.17, 15) is 4.79 Å². The molecule has 3 rings (SSSR count). The molecule has 108 valence electrons. The Labute approximate surface area is 122 Å². The van der Waals surface area contributed by atoms with E-state index in [4.69, 9.17) is 14.2 Å². The Balaban J connectivity index is 1.85. The molecule has 0 unspecified atom stereocenters. The minimum atomic E-state index is 0.0359. The number of rotatable bonds is 4. The average molecular weight is 285 g/mol. The number of ether oxygens (including phenoxy) is 3. The van der Waals surface area contributed by atoms with Crippen molar-refractivity contribution in [1.29, 1.82) is 0 Å². The van der Waals surface area contributed by atoms with Gasteiger partial charge in [0.1, 0.15) is 29.4 Å². The predicted molar refractivity (Wildman–Crippen MR) is 76.0 cm³/mol. The number of fused-ring (bicyclic) bond motifs is 1. The van der Waals surface area contributed by atoms with E-state index in [-0.39, 0.29) is 5.78 Å². The lowest BCUT2D eigenvalue weighted by atomic mass is 10.0. The van der Waals surface area contributed by atoms with Crippen molar-refractivity contribution in [3.05, 3.63) is 47.8 Å². The number of hydrogen-bond donors (Lipinski definition) is 0. The summed E-state index contributed by atoms with van der Waals surface area (Å²) >= 11 is 0. The van der Waals surface area contributed by atoms with Gasteiger partial charge in [0.15, 0.2) is 5.78 Å². The summed E-state index contributed by atoms with van der Waals surface area (Å²) in [5.41, 5.74) is 1.51. The van der Waals surface area contributed by atoms with E-state index in [0.29, 0.717) is 42.4 Å². The van der Waals surface area contributed by atoms with E-state index >= 15 is 0 Å². The number of pyridine rings is 1. The van der Waals surface area contributed by atoms with Crippen LogP contribution in [0.4, 0.5) is 0 Å². The molecular weight excluding hydrogens is 270 g/mol. The predicted octanol–water partition coefficient (Wildman–Crippen LogP) is 2.63. The minimum Gasteiger partial charge on any atom is -0.496 e. The van der Waals surface area contributed by atoms with Gasteiger partial charge in [0.05, 0.1) is 13.7 Å². The third-order valence-corrected chi connectivity index (χ3v) is 3.28. The van der Waals surface area contributed by atoms with Crippen LogP contribution >= 0.6 is 0 Å². The smallest absolute Gasteiger partial charge is 0.173 e. The average Bonchev–Trinajstić information content (AvgIpc) is 2.53. The molecule has 5 nitrogen and oxygen atoms in total. The van der Waals surface area contributed by atoms with Gasteiger partial charge in [-0.1, -0.05) is 0 Å². The molecule has 0 radical (unpaired) electrons. The Morgan fingerprint density at radius 3 is 2.86 bits per heavy atom. The van der Waals surface area contributed by atoms with Crippen molar-refractivity contribution in [2.75, 3.05) is 13.7 Å². The summed E-state index contributed by atoms with van der Waals surface area (Å²) in [4.78, 5) is 15.9.